The van der Waals surface area contributed by atoms with Crippen LogP contribution in [0.3, 0.4) is 0 Å². The molecule has 0 saturated carbocycles. The molecular formula is C12H11F3N8. The van der Waals surface area contributed by atoms with E-state index in [-0.39, 0.29) is 18.9 Å². The van der Waals surface area contributed by atoms with E-state index in [9.17, 15) is 13.2 Å². The Kier molecular flexibility index (Phi) is 2.80. The number of hydrogen-bond acceptors (Lipinski definition) is 6. The Balaban J connectivity index is 1.73. The summed E-state index contributed by atoms with van der Waals surface area (Å²) in [5.74, 6) is 0.478. The predicted octanol–water partition coefficient (Wildman–Crippen LogP) is 1.06. The first-order valence-corrected chi connectivity index (χ1v) is 6.85. The van der Waals surface area contributed by atoms with Crippen LogP contribution in [0.1, 0.15) is 17.3 Å². The lowest BCUT2D eigenvalue weighted by Gasteiger charge is -2.29. The van der Waals surface area contributed by atoms with Crippen molar-refractivity contribution in [1.82, 2.24) is 34.3 Å². The average molecular weight is 324 g/mol. The molecule has 0 saturated heterocycles. The van der Waals surface area contributed by atoms with E-state index in [0.717, 1.165) is 10.3 Å². The second kappa shape index (κ2) is 4.64. The summed E-state index contributed by atoms with van der Waals surface area (Å²) < 4.78 is 41.3. The molecule has 8 nitrogen and oxygen atoms in total. The molecule has 0 spiro atoms. The molecule has 0 aromatic carbocycles. The van der Waals surface area contributed by atoms with E-state index < -0.39 is 12.0 Å². The van der Waals surface area contributed by atoms with Gasteiger partial charge in [0, 0.05) is 24.8 Å². The Bertz CT molecular complexity index is 880. The van der Waals surface area contributed by atoms with Crippen molar-refractivity contribution in [2.75, 3.05) is 11.4 Å². The number of hydrogen-bond donors (Lipinski definition) is 0. The molecule has 4 heterocycles. The number of aryl methyl sites for hydroxylation is 1. The summed E-state index contributed by atoms with van der Waals surface area (Å²) in [6, 6.07) is 1.82. The highest BCUT2D eigenvalue weighted by molar-refractivity contribution is 5.47. The van der Waals surface area contributed by atoms with Crippen LogP contribution in [0.5, 0.6) is 0 Å². The van der Waals surface area contributed by atoms with Crippen molar-refractivity contribution in [1.29, 1.82) is 0 Å². The summed E-state index contributed by atoms with van der Waals surface area (Å²) in [5, 5.41) is 11.1. The monoisotopic (exact) mass is 324 g/mol. The van der Waals surface area contributed by atoms with E-state index in [1.807, 2.05) is 17.9 Å². The number of rotatable bonds is 1. The molecule has 0 radical (unpaired) electrons. The van der Waals surface area contributed by atoms with E-state index >= 15 is 0 Å². The standard InChI is InChI=1S/C12H11F3N8/c1-7-4-9(23-11(18-7)16-6-17-23)21-2-3-22-8(5-21)19-20-10(22)12(13,14)15/h4,6H,2-3,5H2,1H3. The topological polar surface area (TPSA) is 77.0 Å². The molecule has 0 N–H and O–H groups in total. The maximum Gasteiger partial charge on any atom is 0.451 e. The zero-order chi connectivity index (χ0) is 16.2. The van der Waals surface area contributed by atoms with Crippen LogP contribution in [-0.2, 0) is 19.3 Å². The molecule has 11 heteroatoms. The SMILES string of the molecule is Cc1cc(N2CCn3c(nnc3C(F)(F)F)C2)n2ncnc2n1. The molecule has 0 atom stereocenters. The summed E-state index contributed by atoms with van der Waals surface area (Å²) in [6.45, 7) is 2.56. The molecule has 3 aromatic rings. The molecule has 120 valence electrons. The van der Waals surface area contributed by atoms with Crippen LogP contribution in [-0.4, -0.2) is 40.9 Å². The van der Waals surface area contributed by atoms with Gasteiger partial charge in [0.1, 0.15) is 12.1 Å². The van der Waals surface area contributed by atoms with Crippen LogP contribution in [0.15, 0.2) is 12.4 Å². The van der Waals surface area contributed by atoms with Crippen LogP contribution in [0, 0.1) is 6.92 Å². The van der Waals surface area contributed by atoms with Crippen LogP contribution in [0.4, 0.5) is 19.0 Å². The maximum atomic E-state index is 12.9. The third-order valence-electron chi connectivity index (χ3n) is 3.69. The number of aromatic nitrogens is 7. The largest absolute Gasteiger partial charge is 0.451 e. The quantitative estimate of drug-likeness (QED) is 0.666. The molecule has 0 bridgehead atoms. The van der Waals surface area contributed by atoms with E-state index in [1.165, 1.54) is 6.33 Å². The molecule has 1 aliphatic rings. The van der Waals surface area contributed by atoms with E-state index in [2.05, 4.69) is 25.3 Å². The van der Waals surface area contributed by atoms with Crippen molar-refractivity contribution < 1.29 is 13.2 Å². The fraction of sp³-hybridized carbons (Fsp3) is 0.417. The van der Waals surface area contributed by atoms with Gasteiger partial charge >= 0.3 is 6.18 Å². The Morgan fingerprint density at radius 1 is 1.17 bits per heavy atom. The van der Waals surface area contributed by atoms with Crippen LogP contribution < -0.4 is 4.90 Å². The maximum absolute atomic E-state index is 12.9. The molecule has 0 unspecified atom stereocenters. The Morgan fingerprint density at radius 3 is 2.78 bits per heavy atom. The lowest BCUT2D eigenvalue weighted by atomic mass is 10.3. The van der Waals surface area contributed by atoms with Crippen LogP contribution >= 0.6 is 0 Å². The van der Waals surface area contributed by atoms with E-state index in [1.54, 1.807) is 4.52 Å². The van der Waals surface area contributed by atoms with Crippen molar-refractivity contribution in [3.63, 3.8) is 0 Å². The molecule has 1 aliphatic heterocycles. The van der Waals surface area contributed by atoms with Gasteiger partial charge in [0.25, 0.3) is 5.78 Å². The van der Waals surface area contributed by atoms with Gasteiger partial charge in [0.15, 0.2) is 5.82 Å². The summed E-state index contributed by atoms with van der Waals surface area (Å²) in [6.07, 6.45) is -3.11. The first kappa shape index (κ1) is 13.9. The Hall–Kier alpha value is -2.72. The third-order valence-corrected chi connectivity index (χ3v) is 3.69. The summed E-state index contributed by atoms with van der Waals surface area (Å²) in [7, 11) is 0. The van der Waals surface area contributed by atoms with E-state index in [0.29, 0.717) is 18.1 Å². The fourth-order valence-electron chi connectivity index (χ4n) is 2.70. The molecule has 0 amide bonds. The van der Waals surface area contributed by atoms with Crippen molar-refractivity contribution >= 4 is 11.6 Å². The number of halogens is 3. The molecule has 0 aliphatic carbocycles. The highest BCUT2D eigenvalue weighted by Crippen LogP contribution is 2.30. The molecule has 0 fully saturated rings. The smallest absolute Gasteiger partial charge is 0.347 e. The predicted molar refractivity (Wildman–Crippen MR) is 71.6 cm³/mol. The summed E-state index contributed by atoms with van der Waals surface area (Å²) in [4.78, 5) is 10.2. The third kappa shape index (κ3) is 2.19. The fourth-order valence-corrected chi connectivity index (χ4v) is 2.70. The highest BCUT2D eigenvalue weighted by Gasteiger charge is 2.39. The molecule has 23 heavy (non-hydrogen) atoms. The molecular weight excluding hydrogens is 313 g/mol. The number of alkyl halides is 3. The van der Waals surface area contributed by atoms with Crippen LogP contribution in [0.2, 0.25) is 0 Å². The minimum absolute atomic E-state index is 0.148. The van der Waals surface area contributed by atoms with Gasteiger partial charge in [0.05, 0.1) is 6.54 Å². The van der Waals surface area contributed by atoms with Gasteiger partial charge in [0.2, 0.25) is 5.82 Å². The first-order valence-electron chi connectivity index (χ1n) is 6.85. The van der Waals surface area contributed by atoms with Crippen molar-refractivity contribution in [3.8, 4) is 0 Å². The minimum atomic E-state index is -4.50. The average Bonchev–Trinajstić information content (AvgIpc) is 3.10. The van der Waals surface area contributed by atoms with Crippen molar-refractivity contribution in [3.05, 3.63) is 29.7 Å². The zero-order valence-corrected chi connectivity index (χ0v) is 12.0. The first-order chi connectivity index (χ1) is 10.9. The van der Waals surface area contributed by atoms with Gasteiger partial charge in [-0.1, -0.05) is 0 Å². The van der Waals surface area contributed by atoms with Gasteiger partial charge < -0.3 is 9.47 Å². The number of anilines is 1. The van der Waals surface area contributed by atoms with Gasteiger partial charge in [-0.3, -0.25) is 0 Å². The summed E-state index contributed by atoms with van der Waals surface area (Å²) in [5.41, 5.74) is 0.753. The number of fused-ring (bicyclic) bond motifs is 2. The van der Waals surface area contributed by atoms with Gasteiger partial charge in [-0.05, 0) is 6.92 Å². The Morgan fingerprint density at radius 2 is 2.00 bits per heavy atom. The second-order valence-corrected chi connectivity index (χ2v) is 5.24. The van der Waals surface area contributed by atoms with Crippen molar-refractivity contribution in [2.45, 2.75) is 26.2 Å². The van der Waals surface area contributed by atoms with E-state index in [4.69, 9.17) is 0 Å². The normalized spacial score (nSPS) is 15.2. The van der Waals surface area contributed by atoms with Crippen molar-refractivity contribution in [2.24, 2.45) is 0 Å². The lowest BCUT2D eigenvalue weighted by Crippen LogP contribution is -2.36. The minimum Gasteiger partial charge on any atom is -0.347 e. The molecule has 4 rings (SSSR count). The molecule has 3 aromatic heterocycles. The summed E-state index contributed by atoms with van der Waals surface area (Å²) >= 11 is 0. The second-order valence-electron chi connectivity index (χ2n) is 5.24. The van der Waals surface area contributed by atoms with Crippen LogP contribution in [0.25, 0.3) is 5.78 Å². The van der Waals surface area contributed by atoms with Gasteiger partial charge in [-0.2, -0.15) is 27.8 Å². The number of nitrogens with zero attached hydrogens (tertiary/aromatic N) is 8. The van der Waals surface area contributed by atoms with Gasteiger partial charge in [-0.15, -0.1) is 10.2 Å². The zero-order valence-electron chi connectivity index (χ0n) is 12.0. The Labute approximate surface area is 127 Å². The highest BCUT2D eigenvalue weighted by atomic mass is 19.4. The lowest BCUT2D eigenvalue weighted by molar-refractivity contribution is -0.147. The van der Waals surface area contributed by atoms with Gasteiger partial charge in [-0.25, -0.2) is 4.98 Å².